The van der Waals surface area contributed by atoms with E-state index in [0.29, 0.717) is 5.82 Å². The van der Waals surface area contributed by atoms with Crippen molar-refractivity contribution in [3.8, 4) is 33.6 Å². The summed E-state index contributed by atoms with van der Waals surface area (Å²) in [6.45, 7) is 0. The fraction of sp³-hybridized carbons (Fsp3) is 0. The van der Waals surface area contributed by atoms with E-state index in [9.17, 15) is 0 Å². The minimum atomic E-state index is 0.200. The van der Waals surface area contributed by atoms with Gasteiger partial charge in [-0.1, -0.05) is 78.9 Å². The molecule has 0 spiro atoms. The molecule has 0 radical (unpaired) electrons. The van der Waals surface area contributed by atoms with E-state index in [2.05, 4.69) is 75.6 Å². The van der Waals surface area contributed by atoms with Gasteiger partial charge >= 0.3 is 0 Å². The monoisotopic (exact) mass is 343 g/mol. The highest BCUT2D eigenvalue weighted by Crippen LogP contribution is 2.26. The third-order valence-corrected chi connectivity index (χ3v) is 4.19. The lowest BCUT2D eigenvalue weighted by Gasteiger charge is -2.06. The van der Waals surface area contributed by atoms with Gasteiger partial charge in [-0.3, -0.25) is 0 Å². The lowest BCUT2D eigenvalue weighted by Crippen LogP contribution is -1.91. The molecular formula is C21H14ClN3. The highest BCUT2D eigenvalue weighted by molar-refractivity contribution is 6.28. The summed E-state index contributed by atoms with van der Waals surface area (Å²) < 4.78 is 0. The Kier molecular flexibility index (Phi) is 4.23. The van der Waals surface area contributed by atoms with Crippen LogP contribution in [0.5, 0.6) is 0 Å². The Morgan fingerprint density at radius 1 is 0.520 bits per heavy atom. The summed E-state index contributed by atoms with van der Waals surface area (Å²) in [7, 11) is 0. The zero-order valence-electron chi connectivity index (χ0n) is 13.3. The second kappa shape index (κ2) is 6.83. The van der Waals surface area contributed by atoms with Crippen LogP contribution in [0.1, 0.15) is 0 Å². The van der Waals surface area contributed by atoms with Crippen molar-refractivity contribution in [3.63, 3.8) is 0 Å². The fourth-order valence-corrected chi connectivity index (χ4v) is 2.84. The molecule has 0 aliphatic rings. The number of halogens is 1. The first kappa shape index (κ1) is 15.5. The SMILES string of the molecule is Clc1ncnc(-c2ccc(-c3ccc(-c4ccccc4)cc3)cc2)n1. The number of rotatable bonds is 3. The summed E-state index contributed by atoms with van der Waals surface area (Å²) in [4.78, 5) is 12.1. The number of benzene rings is 3. The van der Waals surface area contributed by atoms with Crippen molar-refractivity contribution in [2.24, 2.45) is 0 Å². The van der Waals surface area contributed by atoms with Crippen LogP contribution in [0.4, 0.5) is 0 Å². The molecule has 3 nitrogen and oxygen atoms in total. The standard InChI is InChI=1S/C21H14ClN3/c22-21-24-14-23-20(25-21)19-12-10-18(11-13-19)17-8-6-16(7-9-17)15-4-2-1-3-5-15/h1-14H. The Bertz CT molecular complexity index is 982. The van der Waals surface area contributed by atoms with Crippen LogP contribution >= 0.6 is 11.6 Å². The van der Waals surface area contributed by atoms with Gasteiger partial charge in [0.2, 0.25) is 5.28 Å². The third kappa shape index (κ3) is 3.42. The largest absolute Gasteiger partial charge is 0.225 e. The highest BCUT2D eigenvalue weighted by atomic mass is 35.5. The van der Waals surface area contributed by atoms with Gasteiger partial charge in [0.15, 0.2) is 5.82 Å². The van der Waals surface area contributed by atoms with E-state index in [0.717, 1.165) is 11.1 Å². The van der Waals surface area contributed by atoms with E-state index in [1.165, 1.54) is 23.0 Å². The average molecular weight is 344 g/mol. The first-order valence-electron chi connectivity index (χ1n) is 7.90. The van der Waals surface area contributed by atoms with Crippen LogP contribution < -0.4 is 0 Å². The fourth-order valence-electron chi connectivity index (χ4n) is 2.71. The minimum Gasteiger partial charge on any atom is -0.216 e. The molecular weight excluding hydrogens is 330 g/mol. The zero-order valence-corrected chi connectivity index (χ0v) is 14.1. The highest BCUT2D eigenvalue weighted by Gasteiger charge is 2.04. The summed E-state index contributed by atoms with van der Waals surface area (Å²) in [5.74, 6) is 0.575. The maximum Gasteiger partial charge on any atom is 0.225 e. The van der Waals surface area contributed by atoms with E-state index >= 15 is 0 Å². The number of hydrogen-bond acceptors (Lipinski definition) is 3. The first-order valence-corrected chi connectivity index (χ1v) is 8.28. The van der Waals surface area contributed by atoms with Crippen molar-refractivity contribution in [2.75, 3.05) is 0 Å². The van der Waals surface area contributed by atoms with E-state index < -0.39 is 0 Å². The average Bonchev–Trinajstić information content (AvgIpc) is 2.69. The van der Waals surface area contributed by atoms with Crippen LogP contribution in [0.3, 0.4) is 0 Å². The molecule has 0 amide bonds. The van der Waals surface area contributed by atoms with Gasteiger partial charge in [0.25, 0.3) is 0 Å². The molecule has 4 aromatic rings. The van der Waals surface area contributed by atoms with Crippen LogP contribution in [0.15, 0.2) is 85.2 Å². The van der Waals surface area contributed by atoms with Gasteiger partial charge in [0.05, 0.1) is 0 Å². The predicted octanol–water partition coefficient (Wildman–Crippen LogP) is 5.53. The molecule has 4 rings (SSSR count). The van der Waals surface area contributed by atoms with Crippen molar-refractivity contribution in [3.05, 3.63) is 90.5 Å². The topological polar surface area (TPSA) is 38.7 Å². The second-order valence-corrected chi connectivity index (χ2v) is 5.94. The Balaban J connectivity index is 1.60. The van der Waals surface area contributed by atoms with Gasteiger partial charge < -0.3 is 0 Å². The molecule has 1 heterocycles. The molecule has 0 fully saturated rings. The lowest BCUT2D eigenvalue weighted by molar-refractivity contribution is 1.06. The van der Waals surface area contributed by atoms with Gasteiger partial charge in [0.1, 0.15) is 6.33 Å². The van der Waals surface area contributed by atoms with Crippen molar-refractivity contribution in [1.29, 1.82) is 0 Å². The normalized spacial score (nSPS) is 10.6. The molecule has 3 aromatic carbocycles. The summed E-state index contributed by atoms with van der Waals surface area (Å²) in [6.07, 6.45) is 1.42. The van der Waals surface area contributed by atoms with E-state index in [-0.39, 0.29) is 5.28 Å². The smallest absolute Gasteiger partial charge is 0.216 e. The second-order valence-electron chi connectivity index (χ2n) is 5.60. The molecule has 0 saturated carbocycles. The van der Waals surface area contributed by atoms with Gasteiger partial charge in [-0.2, -0.15) is 4.98 Å². The quantitative estimate of drug-likeness (QED) is 0.491. The summed E-state index contributed by atoms with van der Waals surface area (Å²) in [5.41, 5.74) is 5.65. The molecule has 0 saturated heterocycles. The van der Waals surface area contributed by atoms with E-state index in [1.54, 1.807) is 0 Å². The molecule has 0 bridgehead atoms. The van der Waals surface area contributed by atoms with Gasteiger partial charge in [0, 0.05) is 5.56 Å². The molecule has 25 heavy (non-hydrogen) atoms. The van der Waals surface area contributed by atoms with E-state index in [4.69, 9.17) is 11.6 Å². The molecule has 1 aromatic heterocycles. The first-order chi connectivity index (χ1) is 12.3. The Morgan fingerprint density at radius 3 is 1.52 bits per heavy atom. The third-order valence-electron chi connectivity index (χ3n) is 4.01. The number of nitrogens with zero attached hydrogens (tertiary/aromatic N) is 3. The van der Waals surface area contributed by atoms with Crippen LogP contribution in [-0.4, -0.2) is 15.0 Å². The molecule has 0 N–H and O–H groups in total. The number of aromatic nitrogens is 3. The lowest BCUT2D eigenvalue weighted by atomic mass is 9.99. The maximum absolute atomic E-state index is 5.83. The molecule has 0 aliphatic carbocycles. The van der Waals surface area contributed by atoms with Crippen molar-refractivity contribution in [1.82, 2.24) is 15.0 Å². The molecule has 4 heteroatoms. The summed E-state index contributed by atoms with van der Waals surface area (Å²) in [5, 5.41) is 0.200. The van der Waals surface area contributed by atoms with E-state index in [1.807, 2.05) is 18.2 Å². The molecule has 120 valence electrons. The van der Waals surface area contributed by atoms with Crippen LogP contribution in [0, 0.1) is 0 Å². The van der Waals surface area contributed by atoms with Gasteiger partial charge in [-0.05, 0) is 33.9 Å². The van der Waals surface area contributed by atoms with Crippen LogP contribution in [-0.2, 0) is 0 Å². The predicted molar refractivity (Wildman–Crippen MR) is 101 cm³/mol. The minimum absolute atomic E-state index is 0.200. The number of hydrogen-bond donors (Lipinski definition) is 0. The van der Waals surface area contributed by atoms with Crippen LogP contribution in [0.2, 0.25) is 5.28 Å². The van der Waals surface area contributed by atoms with Gasteiger partial charge in [-0.15, -0.1) is 0 Å². The Labute approximate surface area is 151 Å². The zero-order chi connectivity index (χ0) is 17.1. The Morgan fingerprint density at radius 2 is 1.00 bits per heavy atom. The molecule has 0 aliphatic heterocycles. The summed E-state index contributed by atoms with van der Waals surface area (Å²) in [6, 6.07) is 27.0. The Hall–Kier alpha value is -3.04. The van der Waals surface area contributed by atoms with Crippen molar-refractivity contribution in [2.45, 2.75) is 0 Å². The molecule has 0 unspecified atom stereocenters. The van der Waals surface area contributed by atoms with Crippen LogP contribution in [0.25, 0.3) is 33.6 Å². The maximum atomic E-state index is 5.83. The van der Waals surface area contributed by atoms with Crippen molar-refractivity contribution >= 4 is 11.6 Å². The van der Waals surface area contributed by atoms with Crippen molar-refractivity contribution < 1.29 is 0 Å². The van der Waals surface area contributed by atoms with Gasteiger partial charge in [-0.25, -0.2) is 9.97 Å². The molecule has 0 atom stereocenters. The summed E-state index contributed by atoms with van der Waals surface area (Å²) >= 11 is 5.83.